The number of hydrogen-bond donors (Lipinski definition) is 3. The number of carbonyl (C=O) groups is 2. The van der Waals surface area contributed by atoms with Crippen molar-refractivity contribution in [2.45, 2.75) is 45.3 Å². The molecule has 0 fully saturated rings. The number of nitrogens with zero attached hydrogens (tertiary/aromatic N) is 2. The summed E-state index contributed by atoms with van der Waals surface area (Å²) < 4.78 is 0. The molecule has 0 saturated carbocycles. The van der Waals surface area contributed by atoms with Crippen LogP contribution in [0, 0.1) is 5.92 Å². The van der Waals surface area contributed by atoms with E-state index in [2.05, 4.69) is 57.7 Å². The number of fused-ring (bicyclic) bond motifs is 1. The van der Waals surface area contributed by atoms with Crippen LogP contribution in [0.25, 0.3) is 22.4 Å². The number of aromatic amines is 1. The Morgan fingerprint density at radius 2 is 1.76 bits per heavy atom. The molecule has 2 amide bonds. The number of aromatic nitrogens is 2. The maximum atomic E-state index is 13.8. The average Bonchev–Trinajstić information content (AvgIpc) is 3.45. The second-order valence-corrected chi connectivity index (χ2v) is 10.1. The molecule has 1 aliphatic heterocycles. The molecular weight excluding hydrogens is 474 g/mol. The molecular formula is C31H33N5O2. The van der Waals surface area contributed by atoms with Crippen molar-refractivity contribution in [2.24, 2.45) is 11.7 Å². The van der Waals surface area contributed by atoms with Crippen molar-refractivity contribution in [3.8, 4) is 22.4 Å². The number of rotatable bonds is 7. The number of H-pyrrole nitrogens is 1. The largest absolute Gasteiger partial charge is 0.345 e. The molecule has 4 aromatic rings. The number of amides is 2. The Kier molecular flexibility index (Phi) is 7.38. The topological polar surface area (TPSA) is 104 Å². The normalized spacial score (nSPS) is 16.2. The van der Waals surface area contributed by atoms with Crippen LogP contribution in [0.2, 0.25) is 0 Å². The van der Waals surface area contributed by atoms with Crippen molar-refractivity contribution in [3.05, 3.63) is 96.4 Å². The van der Waals surface area contributed by atoms with Crippen molar-refractivity contribution in [3.63, 3.8) is 0 Å². The molecule has 2 atom stereocenters. The van der Waals surface area contributed by atoms with Crippen molar-refractivity contribution >= 4 is 17.5 Å². The molecule has 0 radical (unpaired) electrons. The fourth-order valence-electron chi connectivity index (χ4n) is 4.93. The first-order chi connectivity index (χ1) is 18.4. The zero-order chi connectivity index (χ0) is 26.6. The van der Waals surface area contributed by atoms with E-state index in [1.165, 1.54) is 0 Å². The lowest BCUT2D eigenvalue weighted by molar-refractivity contribution is -0.129. The first kappa shape index (κ1) is 25.4. The third-order valence-electron chi connectivity index (χ3n) is 7.21. The number of nitrogens with two attached hydrogens (primary N) is 1. The van der Waals surface area contributed by atoms with Gasteiger partial charge in [0.25, 0.3) is 0 Å². The summed E-state index contributed by atoms with van der Waals surface area (Å²) in [5.74, 6) is -0.418. The molecule has 3 aromatic carbocycles. The Hall–Kier alpha value is -4.23. The predicted molar refractivity (Wildman–Crippen MR) is 150 cm³/mol. The summed E-state index contributed by atoms with van der Waals surface area (Å²) in [6, 6.07) is 23.2. The van der Waals surface area contributed by atoms with Crippen LogP contribution < -0.4 is 16.0 Å². The van der Waals surface area contributed by atoms with Crippen molar-refractivity contribution in [1.29, 1.82) is 0 Å². The summed E-state index contributed by atoms with van der Waals surface area (Å²) in [5, 5.41) is 2.93. The van der Waals surface area contributed by atoms with Gasteiger partial charge in [0.1, 0.15) is 6.04 Å². The van der Waals surface area contributed by atoms with E-state index in [1.54, 1.807) is 11.2 Å². The zero-order valence-electron chi connectivity index (χ0n) is 21.7. The van der Waals surface area contributed by atoms with Crippen LogP contribution in [-0.2, 0) is 22.6 Å². The van der Waals surface area contributed by atoms with Gasteiger partial charge in [-0.05, 0) is 47.1 Å². The second kappa shape index (κ2) is 11.0. The minimum atomic E-state index is -0.654. The first-order valence-corrected chi connectivity index (χ1v) is 13.0. The van der Waals surface area contributed by atoms with Gasteiger partial charge >= 0.3 is 0 Å². The van der Waals surface area contributed by atoms with E-state index in [-0.39, 0.29) is 17.7 Å². The zero-order valence-corrected chi connectivity index (χ0v) is 21.7. The molecule has 7 heteroatoms. The highest BCUT2D eigenvalue weighted by molar-refractivity contribution is 6.01. The Labute approximate surface area is 223 Å². The lowest BCUT2D eigenvalue weighted by Crippen LogP contribution is -2.53. The predicted octanol–water partition coefficient (Wildman–Crippen LogP) is 4.69. The van der Waals surface area contributed by atoms with Crippen molar-refractivity contribution < 1.29 is 9.59 Å². The minimum Gasteiger partial charge on any atom is -0.345 e. The highest BCUT2D eigenvalue weighted by atomic mass is 16.2. The Bertz CT molecular complexity index is 1410. The van der Waals surface area contributed by atoms with Crippen LogP contribution in [0.15, 0.2) is 85.3 Å². The van der Waals surface area contributed by atoms with Crippen LogP contribution in [0.4, 0.5) is 5.69 Å². The quantitative estimate of drug-likeness (QED) is 0.338. The van der Waals surface area contributed by atoms with Crippen molar-refractivity contribution in [2.75, 3.05) is 4.90 Å². The number of imidazole rings is 1. The Balaban J connectivity index is 1.41. The van der Waals surface area contributed by atoms with Gasteiger partial charge in [0.05, 0.1) is 30.8 Å². The van der Waals surface area contributed by atoms with E-state index < -0.39 is 12.1 Å². The second-order valence-electron chi connectivity index (χ2n) is 10.1. The van der Waals surface area contributed by atoms with Crippen LogP contribution in [-0.4, -0.2) is 33.9 Å². The lowest BCUT2D eigenvalue weighted by atomic mass is 9.97. The SMILES string of the molecule is CC(C)C(N)C(=O)N[C@@H]1CCc2ccccc2N(Cc2ccc(-c3ccccc3-c3cnc[nH]3)cc2)C1=O. The summed E-state index contributed by atoms with van der Waals surface area (Å²) >= 11 is 0. The maximum absolute atomic E-state index is 13.8. The van der Waals surface area contributed by atoms with Gasteiger partial charge in [-0.25, -0.2) is 4.98 Å². The van der Waals surface area contributed by atoms with E-state index in [1.807, 2.05) is 50.4 Å². The third-order valence-corrected chi connectivity index (χ3v) is 7.21. The van der Waals surface area contributed by atoms with Gasteiger partial charge in [0, 0.05) is 11.3 Å². The molecule has 38 heavy (non-hydrogen) atoms. The number of nitrogens with one attached hydrogen (secondary N) is 2. The van der Waals surface area contributed by atoms with Gasteiger partial charge < -0.3 is 20.9 Å². The molecule has 194 valence electrons. The Morgan fingerprint density at radius 1 is 1.05 bits per heavy atom. The number of aryl methyl sites for hydroxylation is 1. The van der Waals surface area contributed by atoms with Crippen molar-refractivity contribution in [1.82, 2.24) is 15.3 Å². The number of para-hydroxylation sites is 1. The van der Waals surface area contributed by atoms with E-state index in [9.17, 15) is 9.59 Å². The highest BCUT2D eigenvalue weighted by Gasteiger charge is 2.32. The van der Waals surface area contributed by atoms with Gasteiger partial charge in [-0.2, -0.15) is 0 Å². The van der Waals surface area contributed by atoms with Gasteiger partial charge in [-0.3, -0.25) is 9.59 Å². The van der Waals surface area contributed by atoms with Gasteiger partial charge in [0.2, 0.25) is 11.8 Å². The van der Waals surface area contributed by atoms with E-state index >= 15 is 0 Å². The molecule has 0 saturated heterocycles. The summed E-state index contributed by atoms with van der Waals surface area (Å²) in [4.78, 5) is 35.6. The summed E-state index contributed by atoms with van der Waals surface area (Å²) in [6.07, 6.45) is 4.73. The number of hydrogen-bond acceptors (Lipinski definition) is 4. The number of carbonyl (C=O) groups excluding carboxylic acids is 2. The molecule has 1 unspecified atom stereocenters. The standard InChI is InChI=1S/C31H33N5O2/c1-20(2)29(32)30(37)35-26-16-15-23-7-3-6-10-28(23)36(31(26)38)18-21-11-13-22(14-12-21)24-8-4-5-9-25(24)27-17-33-19-34-27/h3-14,17,19-20,26,29H,15-16,18,32H2,1-2H3,(H,33,34)(H,35,37)/t26-,29?/m1/s1. The van der Waals surface area contributed by atoms with E-state index in [0.29, 0.717) is 19.4 Å². The van der Waals surface area contributed by atoms with E-state index in [0.717, 1.165) is 39.2 Å². The summed E-state index contributed by atoms with van der Waals surface area (Å²) in [7, 11) is 0. The van der Waals surface area contributed by atoms with Crippen LogP contribution >= 0.6 is 0 Å². The molecule has 5 rings (SSSR count). The van der Waals surface area contributed by atoms with Gasteiger partial charge in [-0.1, -0.05) is 80.6 Å². The highest BCUT2D eigenvalue weighted by Crippen LogP contribution is 2.32. The lowest BCUT2D eigenvalue weighted by Gasteiger charge is -2.27. The fraction of sp³-hybridized carbons (Fsp3) is 0.258. The Morgan fingerprint density at radius 3 is 2.47 bits per heavy atom. The number of anilines is 1. The van der Waals surface area contributed by atoms with Gasteiger partial charge in [-0.15, -0.1) is 0 Å². The molecule has 4 N–H and O–H groups in total. The average molecular weight is 508 g/mol. The van der Waals surface area contributed by atoms with Crippen LogP contribution in [0.5, 0.6) is 0 Å². The molecule has 0 spiro atoms. The summed E-state index contributed by atoms with van der Waals surface area (Å²) in [5.41, 5.74) is 13.3. The summed E-state index contributed by atoms with van der Waals surface area (Å²) in [6.45, 7) is 4.21. The van der Waals surface area contributed by atoms with Crippen LogP contribution in [0.3, 0.4) is 0 Å². The molecule has 0 aliphatic carbocycles. The monoisotopic (exact) mass is 507 g/mol. The molecule has 0 bridgehead atoms. The smallest absolute Gasteiger partial charge is 0.249 e. The molecule has 7 nitrogen and oxygen atoms in total. The fourth-order valence-corrected chi connectivity index (χ4v) is 4.93. The molecule has 2 heterocycles. The van der Waals surface area contributed by atoms with Gasteiger partial charge in [0.15, 0.2) is 0 Å². The minimum absolute atomic E-state index is 0.0129. The van der Waals surface area contributed by atoms with E-state index in [4.69, 9.17) is 5.73 Å². The number of benzene rings is 3. The first-order valence-electron chi connectivity index (χ1n) is 13.0. The van der Waals surface area contributed by atoms with Crippen LogP contribution in [0.1, 0.15) is 31.4 Å². The molecule has 1 aliphatic rings. The third kappa shape index (κ3) is 5.24. The molecule has 1 aromatic heterocycles. The maximum Gasteiger partial charge on any atom is 0.249 e.